The average Bonchev–Trinajstić information content (AvgIpc) is 1.59. The first kappa shape index (κ1) is 8.50. The van der Waals surface area contributed by atoms with Gasteiger partial charge in [0.2, 0.25) is 0 Å². The highest BCUT2D eigenvalue weighted by atomic mass is 16.1. The van der Waals surface area contributed by atoms with Crippen LogP contribution in [0.1, 0.15) is 6.92 Å². The predicted octanol–water partition coefficient (Wildman–Crippen LogP) is -0.919. The molecule has 4 radical (unpaired) electrons. The molecule has 0 bridgehead atoms. The van der Waals surface area contributed by atoms with Crippen molar-refractivity contribution < 1.29 is 4.79 Å². The number of carbonyl (C=O) groups excluding carboxylic acids is 1. The van der Waals surface area contributed by atoms with Crippen LogP contribution in [-0.4, -0.2) is 26.8 Å². The van der Waals surface area contributed by atoms with Gasteiger partial charge in [-0.15, -0.1) is 0 Å². The van der Waals surface area contributed by atoms with Gasteiger partial charge in [-0.25, -0.2) is 0 Å². The molecule has 0 unspecified atom stereocenters. The maximum Gasteiger partial charge on any atom is 0.152 e. The third-order valence-corrected chi connectivity index (χ3v) is 0.607. The van der Waals surface area contributed by atoms with Crippen molar-refractivity contribution in [2.24, 2.45) is 5.73 Å². The van der Waals surface area contributed by atoms with Gasteiger partial charge in [0.15, 0.2) is 5.78 Å². The Labute approximate surface area is 57.3 Å². The molecular weight excluding hydrogens is 112 g/mol. The van der Waals surface area contributed by atoms with Crippen LogP contribution < -0.4 is 5.73 Å². The molecule has 0 aromatic carbocycles. The van der Waals surface area contributed by atoms with Crippen molar-refractivity contribution in [2.45, 2.75) is 12.3 Å². The normalized spacial score (nSPS) is 12.2. The molecule has 4 heteroatoms. The molecule has 0 aliphatic carbocycles. The monoisotopic (exact) mass is 119 g/mol. The van der Waals surface area contributed by atoms with E-state index in [1.165, 1.54) is 19.1 Å². The summed E-state index contributed by atoms with van der Waals surface area (Å²) in [7, 11) is 10.2. The van der Waals surface area contributed by atoms with Gasteiger partial charge in [-0.3, -0.25) is 4.79 Å². The second-order valence-corrected chi connectivity index (χ2v) is 1.94. The molecule has 44 valence electrons. The lowest BCUT2D eigenvalue weighted by atomic mass is 9.63. The van der Waals surface area contributed by atoms with Gasteiger partial charge in [0.1, 0.15) is 0 Å². The van der Waals surface area contributed by atoms with E-state index in [4.69, 9.17) is 21.4 Å². The standard InChI is InChI=1S/C5H7B2NO/c1-4(9)2-3-5(6,7)8/h2-3H,8H2,1H3/b3-2+. The Balaban J connectivity index is 3.86. The number of nitrogens with two attached hydrogens (primary N) is 1. The summed E-state index contributed by atoms with van der Waals surface area (Å²) in [5, 5.41) is -1.37. The number of allylic oxidation sites excluding steroid dienone is 1. The second-order valence-electron chi connectivity index (χ2n) is 1.94. The van der Waals surface area contributed by atoms with E-state index >= 15 is 0 Å². The summed E-state index contributed by atoms with van der Waals surface area (Å²) < 4.78 is 0. The maximum atomic E-state index is 10.2. The van der Waals surface area contributed by atoms with Crippen molar-refractivity contribution in [3.05, 3.63) is 12.2 Å². The molecule has 0 saturated heterocycles. The number of carbonyl (C=O) groups is 1. The van der Waals surface area contributed by atoms with Crippen LogP contribution in [0.25, 0.3) is 0 Å². The minimum Gasteiger partial charge on any atom is -0.338 e. The highest BCUT2D eigenvalue weighted by Crippen LogP contribution is 1.87. The van der Waals surface area contributed by atoms with Gasteiger partial charge in [0, 0.05) is 0 Å². The summed E-state index contributed by atoms with van der Waals surface area (Å²) in [5.74, 6) is -0.124. The Kier molecular flexibility index (Phi) is 2.71. The molecule has 0 aromatic rings. The molecule has 0 fully saturated rings. The first-order valence-electron chi connectivity index (χ1n) is 2.48. The zero-order valence-corrected chi connectivity index (χ0v) is 5.29. The van der Waals surface area contributed by atoms with Crippen LogP contribution in [0.2, 0.25) is 0 Å². The smallest absolute Gasteiger partial charge is 0.152 e. The van der Waals surface area contributed by atoms with Gasteiger partial charge in [0.25, 0.3) is 0 Å². The Morgan fingerprint density at radius 1 is 1.67 bits per heavy atom. The fraction of sp³-hybridized carbons (Fsp3) is 0.400. The van der Waals surface area contributed by atoms with Crippen molar-refractivity contribution in [1.29, 1.82) is 0 Å². The summed E-state index contributed by atoms with van der Waals surface area (Å²) in [5.41, 5.74) is 5.10. The van der Waals surface area contributed by atoms with Crippen molar-refractivity contribution in [1.82, 2.24) is 0 Å². The molecule has 0 saturated carbocycles. The van der Waals surface area contributed by atoms with Crippen LogP contribution >= 0.6 is 0 Å². The van der Waals surface area contributed by atoms with Gasteiger partial charge < -0.3 is 5.73 Å². The minimum atomic E-state index is -1.37. The lowest BCUT2D eigenvalue weighted by molar-refractivity contribution is -0.112. The van der Waals surface area contributed by atoms with Crippen LogP contribution in [-0.2, 0) is 4.79 Å². The first-order valence-corrected chi connectivity index (χ1v) is 2.48. The molecule has 0 heterocycles. The Hall–Kier alpha value is -0.500. The van der Waals surface area contributed by atoms with Crippen LogP contribution in [0.4, 0.5) is 0 Å². The molecule has 0 aliphatic rings. The Morgan fingerprint density at radius 3 is 2.22 bits per heavy atom. The van der Waals surface area contributed by atoms with Crippen LogP contribution in [0, 0.1) is 0 Å². The molecule has 0 atom stereocenters. The average molecular weight is 119 g/mol. The van der Waals surface area contributed by atoms with Crippen LogP contribution in [0.15, 0.2) is 12.2 Å². The summed E-state index contributed by atoms with van der Waals surface area (Å²) in [6.07, 6.45) is 2.48. The van der Waals surface area contributed by atoms with E-state index in [2.05, 4.69) is 0 Å². The number of rotatable bonds is 2. The van der Waals surface area contributed by atoms with Crippen molar-refractivity contribution in [2.75, 3.05) is 0 Å². The van der Waals surface area contributed by atoms with Crippen LogP contribution in [0.3, 0.4) is 0 Å². The lowest BCUT2D eigenvalue weighted by Crippen LogP contribution is -2.38. The third kappa shape index (κ3) is 7.50. The first-order chi connectivity index (χ1) is 3.92. The Morgan fingerprint density at radius 2 is 2.11 bits per heavy atom. The van der Waals surface area contributed by atoms with E-state index in [9.17, 15) is 4.79 Å². The van der Waals surface area contributed by atoms with Gasteiger partial charge >= 0.3 is 0 Å². The predicted molar refractivity (Wildman–Crippen MR) is 38.2 cm³/mol. The number of hydrogen-bond donors (Lipinski definition) is 1. The van der Waals surface area contributed by atoms with E-state index in [-0.39, 0.29) is 5.78 Å². The fourth-order valence-corrected chi connectivity index (χ4v) is 0.262. The largest absolute Gasteiger partial charge is 0.338 e. The SMILES string of the molecule is [B]C([B])(N)/C=C/C(C)=O. The summed E-state index contributed by atoms with van der Waals surface area (Å²) in [4.78, 5) is 10.2. The molecular formula is C5H7B2NO. The molecule has 0 spiro atoms. The van der Waals surface area contributed by atoms with Gasteiger partial charge in [0.05, 0.1) is 15.7 Å². The lowest BCUT2D eigenvalue weighted by Gasteiger charge is -2.11. The molecule has 9 heavy (non-hydrogen) atoms. The molecule has 0 amide bonds. The second kappa shape index (κ2) is 2.87. The quantitative estimate of drug-likeness (QED) is 0.377. The highest BCUT2D eigenvalue weighted by molar-refractivity contribution is 6.41. The topological polar surface area (TPSA) is 43.1 Å². The van der Waals surface area contributed by atoms with E-state index < -0.39 is 5.34 Å². The molecule has 2 nitrogen and oxygen atoms in total. The summed E-state index contributed by atoms with van der Waals surface area (Å²) in [6.45, 7) is 1.39. The van der Waals surface area contributed by atoms with E-state index in [0.717, 1.165) is 0 Å². The number of ketones is 1. The van der Waals surface area contributed by atoms with Crippen molar-refractivity contribution in [3.8, 4) is 0 Å². The Bertz CT molecular complexity index is 136. The summed E-state index contributed by atoms with van der Waals surface area (Å²) >= 11 is 0. The van der Waals surface area contributed by atoms with E-state index in [0.29, 0.717) is 0 Å². The number of hydrogen-bond acceptors (Lipinski definition) is 2. The van der Waals surface area contributed by atoms with Crippen molar-refractivity contribution >= 4 is 21.5 Å². The van der Waals surface area contributed by atoms with Crippen LogP contribution in [0.5, 0.6) is 0 Å². The molecule has 0 aliphatic heterocycles. The third-order valence-electron chi connectivity index (χ3n) is 0.607. The molecule has 2 N–H and O–H groups in total. The maximum absolute atomic E-state index is 10.2. The van der Waals surface area contributed by atoms with E-state index in [1.54, 1.807) is 0 Å². The van der Waals surface area contributed by atoms with Gasteiger partial charge in [-0.2, -0.15) is 0 Å². The zero-order chi connectivity index (χ0) is 7.49. The summed E-state index contributed by atoms with van der Waals surface area (Å²) in [6, 6.07) is 0. The van der Waals surface area contributed by atoms with Gasteiger partial charge in [-0.05, 0) is 18.3 Å². The van der Waals surface area contributed by atoms with Gasteiger partial charge in [-0.1, -0.05) is 6.08 Å². The molecule has 0 rings (SSSR count). The highest BCUT2D eigenvalue weighted by Gasteiger charge is 2.02. The fourth-order valence-electron chi connectivity index (χ4n) is 0.262. The van der Waals surface area contributed by atoms with E-state index in [1.807, 2.05) is 0 Å². The minimum absolute atomic E-state index is 0.124. The van der Waals surface area contributed by atoms with Crippen molar-refractivity contribution in [3.63, 3.8) is 0 Å². The molecule has 0 aromatic heterocycles. The zero-order valence-electron chi connectivity index (χ0n) is 5.29.